The smallest absolute Gasteiger partial charge is 0.432 e. The summed E-state index contributed by atoms with van der Waals surface area (Å²) in [6.07, 6.45) is -4.02. The summed E-state index contributed by atoms with van der Waals surface area (Å²) in [5.74, 6) is -0.357. The first-order chi connectivity index (χ1) is 12.6. The summed E-state index contributed by atoms with van der Waals surface area (Å²) in [5, 5.41) is 9.16. The van der Waals surface area contributed by atoms with Gasteiger partial charge in [-0.05, 0) is 12.1 Å². The van der Waals surface area contributed by atoms with Gasteiger partial charge in [0.2, 0.25) is 5.91 Å². The molecule has 0 unspecified atom stereocenters. The average Bonchev–Trinajstić information content (AvgIpc) is 2.62. The van der Waals surface area contributed by atoms with Crippen molar-refractivity contribution in [3.05, 3.63) is 34.0 Å². The van der Waals surface area contributed by atoms with E-state index in [9.17, 15) is 23.1 Å². The first-order valence-electron chi connectivity index (χ1n) is 7.83. The number of nitrogens with zero attached hydrogens (tertiary/aromatic N) is 3. The molecule has 1 aromatic rings. The molecule has 0 aromatic heterocycles. The number of benzene rings is 1. The molecule has 3 N–H and O–H groups in total. The minimum absolute atomic E-state index is 0.0231. The molecule has 1 aliphatic heterocycles. The van der Waals surface area contributed by atoms with Crippen LogP contribution in [-0.4, -0.2) is 61.0 Å². The van der Waals surface area contributed by atoms with Crippen molar-refractivity contribution in [1.29, 1.82) is 0 Å². The van der Waals surface area contributed by atoms with Crippen LogP contribution in [0.3, 0.4) is 0 Å². The lowest BCUT2D eigenvalue weighted by Gasteiger charge is -2.36. The zero-order chi connectivity index (χ0) is 20.2. The first kappa shape index (κ1) is 21.2. The van der Waals surface area contributed by atoms with E-state index in [4.69, 9.17) is 28.9 Å². The van der Waals surface area contributed by atoms with Crippen molar-refractivity contribution in [1.82, 2.24) is 4.90 Å². The van der Waals surface area contributed by atoms with Crippen LogP contribution < -0.4 is 10.6 Å². The number of halogens is 5. The highest BCUT2D eigenvalue weighted by Crippen LogP contribution is 2.29. The quantitative estimate of drug-likeness (QED) is 0.727. The third-order valence-electron chi connectivity index (χ3n) is 3.92. The molecule has 1 heterocycles. The molecule has 6 nitrogen and oxygen atoms in total. The Labute approximate surface area is 163 Å². The van der Waals surface area contributed by atoms with Crippen molar-refractivity contribution in [3.8, 4) is 5.75 Å². The summed E-state index contributed by atoms with van der Waals surface area (Å²) in [4.78, 5) is 19.3. The van der Waals surface area contributed by atoms with E-state index < -0.39 is 16.9 Å². The van der Waals surface area contributed by atoms with Gasteiger partial charge in [0, 0.05) is 44.1 Å². The zero-order valence-corrected chi connectivity index (χ0v) is 15.5. The molecule has 0 atom stereocenters. The molecule has 1 saturated heterocycles. The van der Waals surface area contributed by atoms with Gasteiger partial charge in [-0.1, -0.05) is 23.2 Å². The summed E-state index contributed by atoms with van der Waals surface area (Å²) in [7, 11) is 0. The average molecular weight is 425 g/mol. The summed E-state index contributed by atoms with van der Waals surface area (Å²) >= 11 is 11.2. The number of piperazine rings is 1. The van der Waals surface area contributed by atoms with E-state index in [0.717, 1.165) is 11.9 Å². The number of hydrogen-bond acceptors (Lipinski definition) is 5. The lowest BCUT2D eigenvalue weighted by atomic mass is 10.2. The van der Waals surface area contributed by atoms with Gasteiger partial charge < -0.3 is 20.6 Å². The number of aliphatic imine (C=N–C) groups is 1. The Morgan fingerprint density at radius 2 is 1.93 bits per heavy atom. The minimum atomic E-state index is -4.75. The Hall–Kier alpha value is -2.13. The molecular weight excluding hydrogens is 408 g/mol. The molecule has 0 saturated carbocycles. The molecule has 1 aromatic carbocycles. The highest BCUT2D eigenvalue weighted by Gasteiger charge is 2.33. The number of carbonyl (C=O) groups excluding carboxylic acids is 1. The van der Waals surface area contributed by atoms with Gasteiger partial charge in [0.05, 0.1) is 10.1 Å². The van der Waals surface area contributed by atoms with Crippen LogP contribution in [0.5, 0.6) is 5.75 Å². The maximum Gasteiger partial charge on any atom is 0.432 e. The number of aromatic hydroxyl groups is 1. The standard InChI is InChI=1S/C16H17Cl2F3N4O2/c17-11-2-1-10(7-13(11)26)24-3-5-25(6-4-24)14(27)9-23-8-12(18)15(22)16(19,20)21/h1-2,7-8,26H,3-6,9,22H2. The van der Waals surface area contributed by atoms with E-state index >= 15 is 0 Å². The second kappa shape index (κ2) is 8.71. The molecule has 1 fully saturated rings. The van der Waals surface area contributed by atoms with Crippen molar-refractivity contribution in [2.45, 2.75) is 6.18 Å². The van der Waals surface area contributed by atoms with Crippen LogP contribution in [0, 0.1) is 0 Å². The number of anilines is 1. The van der Waals surface area contributed by atoms with Crippen LogP contribution in [0.25, 0.3) is 0 Å². The summed E-state index contributed by atoms with van der Waals surface area (Å²) < 4.78 is 37.1. The Bertz CT molecular complexity index is 761. The number of hydrogen-bond donors (Lipinski definition) is 2. The predicted molar refractivity (Wildman–Crippen MR) is 98.4 cm³/mol. The van der Waals surface area contributed by atoms with Crippen LogP contribution in [0.15, 0.2) is 33.9 Å². The molecule has 0 bridgehead atoms. The van der Waals surface area contributed by atoms with E-state index in [0.29, 0.717) is 26.2 Å². The number of phenols is 1. The van der Waals surface area contributed by atoms with Crippen molar-refractivity contribution >= 4 is 41.0 Å². The lowest BCUT2D eigenvalue weighted by Crippen LogP contribution is -2.49. The molecule has 148 valence electrons. The predicted octanol–water partition coefficient (Wildman–Crippen LogP) is 2.74. The van der Waals surface area contributed by atoms with Crippen LogP contribution in [0.1, 0.15) is 0 Å². The Morgan fingerprint density at radius 1 is 1.30 bits per heavy atom. The molecule has 0 spiro atoms. The van der Waals surface area contributed by atoms with E-state index in [-0.39, 0.29) is 23.2 Å². The van der Waals surface area contributed by atoms with Crippen molar-refractivity contribution in [2.75, 3.05) is 37.6 Å². The fourth-order valence-corrected chi connectivity index (χ4v) is 2.71. The Balaban J connectivity index is 1.88. The van der Waals surface area contributed by atoms with E-state index in [1.165, 1.54) is 0 Å². The van der Waals surface area contributed by atoms with E-state index in [1.807, 2.05) is 4.90 Å². The fraction of sp³-hybridized carbons (Fsp3) is 0.375. The van der Waals surface area contributed by atoms with Crippen LogP contribution in [0.4, 0.5) is 18.9 Å². The number of rotatable bonds is 4. The lowest BCUT2D eigenvalue weighted by molar-refractivity contribution is -0.129. The summed E-state index contributed by atoms with van der Waals surface area (Å²) in [6.45, 7) is 1.54. The number of alkyl halides is 3. The van der Waals surface area contributed by atoms with Gasteiger partial charge in [0.15, 0.2) is 0 Å². The molecule has 11 heteroatoms. The van der Waals surface area contributed by atoms with Gasteiger partial charge in [-0.3, -0.25) is 9.79 Å². The number of carbonyl (C=O) groups is 1. The second-order valence-electron chi connectivity index (χ2n) is 5.73. The number of nitrogens with two attached hydrogens (primary N) is 1. The molecular formula is C16H17Cl2F3N4O2. The van der Waals surface area contributed by atoms with Gasteiger partial charge in [-0.2, -0.15) is 13.2 Å². The maximum absolute atomic E-state index is 12.4. The maximum atomic E-state index is 12.4. The SMILES string of the molecule is NC(=C(Cl)C=NCC(=O)N1CCN(c2ccc(Cl)c(O)c2)CC1)C(F)(F)F. The van der Waals surface area contributed by atoms with Crippen LogP contribution in [-0.2, 0) is 4.79 Å². The number of allylic oxidation sites excluding steroid dienone is 2. The largest absolute Gasteiger partial charge is 0.506 e. The highest BCUT2D eigenvalue weighted by molar-refractivity contribution is 6.39. The monoisotopic (exact) mass is 424 g/mol. The highest BCUT2D eigenvalue weighted by atomic mass is 35.5. The Kier molecular flexibility index (Phi) is 6.83. The molecule has 0 radical (unpaired) electrons. The molecule has 2 rings (SSSR count). The van der Waals surface area contributed by atoms with Gasteiger partial charge >= 0.3 is 6.18 Å². The number of amides is 1. The third-order valence-corrected chi connectivity index (χ3v) is 4.54. The topological polar surface area (TPSA) is 82.2 Å². The van der Waals surface area contributed by atoms with Crippen molar-refractivity contribution < 1.29 is 23.1 Å². The second-order valence-corrected chi connectivity index (χ2v) is 6.55. The molecule has 1 amide bonds. The number of phenolic OH excluding ortho intramolecular Hbond substituents is 1. The van der Waals surface area contributed by atoms with Crippen LogP contribution in [0.2, 0.25) is 5.02 Å². The Morgan fingerprint density at radius 3 is 2.48 bits per heavy atom. The van der Waals surface area contributed by atoms with Gasteiger partial charge in [-0.15, -0.1) is 0 Å². The normalized spacial score (nSPS) is 16.6. The molecule has 1 aliphatic rings. The van der Waals surface area contributed by atoms with E-state index in [1.54, 1.807) is 23.1 Å². The van der Waals surface area contributed by atoms with Crippen molar-refractivity contribution in [3.63, 3.8) is 0 Å². The van der Waals surface area contributed by atoms with Gasteiger partial charge in [0.1, 0.15) is 18.0 Å². The van der Waals surface area contributed by atoms with Crippen LogP contribution >= 0.6 is 23.2 Å². The van der Waals surface area contributed by atoms with Crippen molar-refractivity contribution in [2.24, 2.45) is 10.7 Å². The zero-order valence-electron chi connectivity index (χ0n) is 14.0. The van der Waals surface area contributed by atoms with Gasteiger partial charge in [0.25, 0.3) is 0 Å². The minimum Gasteiger partial charge on any atom is -0.506 e. The summed E-state index contributed by atoms with van der Waals surface area (Å²) in [6, 6.07) is 4.90. The fourth-order valence-electron chi connectivity index (χ4n) is 2.42. The molecule has 27 heavy (non-hydrogen) atoms. The first-order valence-corrected chi connectivity index (χ1v) is 8.58. The molecule has 0 aliphatic carbocycles. The van der Waals surface area contributed by atoms with E-state index in [2.05, 4.69) is 4.99 Å². The van der Waals surface area contributed by atoms with Gasteiger partial charge in [-0.25, -0.2) is 0 Å². The third kappa shape index (κ3) is 5.67. The summed E-state index contributed by atoms with van der Waals surface area (Å²) in [5.41, 5.74) is 4.17.